The number of benzene rings is 8. The molecule has 7 heteroatoms. The van der Waals surface area contributed by atoms with Crippen molar-refractivity contribution in [3.63, 3.8) is 0 Å². The summed E-state index contributed by atoms with van der Waals surface area (Å²) in [7, 11) is 0. The largest absolute Gasteiger partial charge is 0.454 e. The smallest absolute Gasteiger partial charge is 0.240 e. The molecular formula is C51H29N5OS. The number of thiophene rings is 1. The van der Waals surface area contributed by atoms with E-state index in [1.54, 1.807) is 11.3 Å². The Bertz CT molecular complexity index is 3760. The molecule has 5 aromatic heterocycles. The van der Waals surface area contributed by atoms with Crippen molar-refractivity contribution in [3.8, 4) is 34.4 Å². The molecule has 5 heterocycles. The van der Waals surface area contributed by atoms with E-state index in [4.69, 9.17) is 19.4 Å². The van der Waals surface area contributed by atoms with Crippen molar-refractivity contribution in [1.82, 2.24) is 24.1 Å². The lowest BCUT2D eigenvalue weighted by molar-refractivity contribution is 0.670. The second kappa shape index (κ2) is 11.9. The SMILES string of the molecule is c1ccc(-c2cccc3sc4cc(-c5nc(-n6c7ccccc7c7ccccc76)nc(-n6c7ccccc7c7ccc8c9ccccc9oc8c76)n5)ccc4c23)cc1. The number of rotatable bonds is 4. The third-order valence-corrected chi connectivity index (χ3v) is 12.7. The second-order valence-electron chi connectivity index (χ2n) is 14.8. The Morgan fingerprint density at radius 2 is 1.02 bits per heavy atom. The van der Waals surface area contributed by atoms with E-state index in [2.05, 4.69) is 173 Å². The van der Waals surface area contributed by atoms with Crippen molar-refractivity contribution < 1.29 is 4.42 Å². The van der Waals surface area contributed by atoms with Gasteiger partial charge in [-0.1, -0.05) is 133 Å². The highest BCUT2D eigenvalue weighted by Crippen LogP contribution is 2.43. The highest BCUT2D eigenvalue weighted by molar-refractivity contribution is 7.26. The summed E-state index contributed by atoms with van der Waals surface area (Å²) < 4.78 is 13.5. The zero-order valence-electron chi connectivity index (χ0n) is 30.8. The standard InChI is InChI=1S/C51H29N5OS/c1-2-13-30(14-3-1)32-19-12-24-44-46(32)39-26-25-31(29-45(39)58-44)49-52-50(55-40-20-8-4-15-33(40)34-16-5-9-21-41(34)55)54-51(53-49)56-42-22-10-6-17-35(42)37-27-28-38-36-18-7-11-23-43(36)57-48(38)47(37)56/h1-29H. The third-order valence-electron chi connectivity index (χ3n) is 11.6. The van der Waals surface area contributed by atoms with E-state index in [0.29, 0.717) is 17.7 Å². The lowest BCUT2D eigenvalue weighted by atomic mass is 9.99. The van der Waals surface area contributed by atoms with Gasteiger partial charge in [-0.25, -0.2) is 0 Å². The molecule has 0 N–H and O–H groups in total. The van der Waals surface area contributed by atoms with E-state index in [0.717, 1.165) is 71.1 Å². The molecule has 0 atom stereocenters. The quantitative estimate of drug-likeness (QED) is 0.179. The van der Waals surface area contributed by atoms with Crippen LogP contribution in [-0.2, 0) is 0 Å². The average molecular weight is 760 g/mol. The van der Waals surface area contributed by atoms with Gasteiger partial charge in [0.15, 0.2) is 11.4 Å². The third kappa shape index (κ3) is 4.44. The van der Waals surface area contributed by atoms with Gasteiger partial charge in [0.25, 0.3) is 0 Å². The lowest BCUT2D eigenvalue weighted by Crippen LogP contribution is -2.10. The molecule has 58 heavy (non-hydrogen) atoms. The van der Waals surface area contributed by atoms with E-state index in [1.807, 2.05) is 12.1 Å². The van der Waals surface area contributed by atoms with Gasteiger partial charge < -0.3 is 4.42 Å². The minimum absolute atomic E-state index is 0.517. The van der Waals surface area contributed by atoms with Crippen molar-refractivity contribution in [2.24, 2.45) is 0 Å². The summed E-state index contributed by atoms with van der Waals surface area (Å²) in [6.07, 6.45) is 0. The van der Waals surface area contributed by atoms with Crippen LogP contribution in [0.5, 0.6) is 0 Å². The highest BCUT2D eigenvalue weighted by Gasteiger charge is 2.24. The Morgan fingerprint density at radius 3 is 1.78 bits per heavy atom. The minimum atomic E-state index is 0.517. The Balaban J connectivity index is 1.13. The maximum absolute atomic E-state index is 6.71. The number of hydrogen-bond acceptors (Lipinski definition) is 5. The lowest BCUT2D eigenvalue weighted by Gasteiger charge is -2.13. The normalized spacial score (nSPS) is 12.1. The van der Waals surface area contributed by atoms with Crippen LogP contribution >= 0.6 is 11.3 Å². The second-order valence-corrected chi connectivity index (χ2v) is 15.9. The fourth-order valence-electron chi connectivity index (χ4n) is 9.08. The molecule has 0 saturated heterocycles. The number of nitrogens with zero attached hydrogens (tertiary/aromatic N) is 5. The van der Waals surface area contributed by atoms with Crippen molar-refractivity contribution in [2.45, 2.75) is 0 Å². The number of para-hydroxylation sites is 4. The zero-order valence-corrected chi connectivity index (χ0v) is 31.6. The van der Waals surface area contributed by atoms with Gasteiger partial charge in [0.1, 0.15) is 11.1 Å². The Hall–Kier alpha value is -7.61. The van der Waals surface area contributed by atoms with Crippen LogP contribution in [0.1, 0.15) is 0 Å². The van der Waals surface area contributed by atoms with Crippen LogP contribution in [-0.4, -0.2) is 24.1 Å². The minimum Gasteiger partial charge on any atom is -0.454 e. The maximum Gasteiger partial charge on any atom is 0.240 e. The van der Waals surface area contributed by atoms with Crippen LogP contribution in [0.3, 0.4) is 0 Å². The van der Waals surface area contributed by atoms with Gasteiger partial charge in [0.2, 0.25) is 11.9 Å². The summed E-state index contributed by atoms with van der Waals surface area (Å²) in [6, 6.07) is 61.9. The van der Waals surface area contributed by atoms with Crippen molar-refractivity contribution in [2.75, 3.05) is 0 Å². The first-order chi connectivity index (χ1) is 28.8. The molecular weight excluding hydrogens is 731 g/mol. The van der Waals surface area contributed by atoms with E-state index < -0.39 is 0 Å². The first-order valence-corrected chi connectivity index (χ1v) is 20.2. The van der Waals surface area contributed by atoms with E-state index in [-0.39, 0.29) is 0 Å². The number of aromatic nitrogens is 5. The molecule has 0 bridgehead atoms. The summed E-state index contributed by atoms with van der Waals surface area (Å²) in [5, 5.41) is 9.06. The van der Waals surface area contributed by atoms with Crippen LogP contribution in [0.25, 0.3) is 120 Å². The predicted molar refractivity (Wildman–Crippen MR) is 240 cm³/mol. The predicted octanol–water partition coefficient (Wildman–Crippen LogP) is 13.7. The molecule has 270 valence electrons. The van der Waals surface area contributed by atoms with Crippen LogP contribution in [0.15, 0.2) is 180 Å². The monoisotopic (exact) mass is 759 g/mol. The van der Waals surface area contributed by atoms with Gasteiger partial charge in [-0.15, -0.1) is 11.3 Å². The van der Waals surface area contributed by atoms with Gasteiger partial charge in [0, 0.05) is 58.1 Å². The summed E-state index contributed by atoms with van der Waals surface area (Å²) in [5.74, 6) is 1.65. The number of hydrogen-bond donors (Lipinski definition) is 0. The van der Waals surface area contributed by atoms with Crippen molar-refractivity contribution in [3.05, 3.63) is 176 Å². The van der Waals surface area contributed by atoms with E-state index >= 15 is 0 Å². The molecule has 0 aliphatic carbocycles. The Morgan fingerprint density at radius 1 is 0.414 bits per heavy atom. The average Bonchev–Trinajstić information content (AvgIpc) is 4.04. The van der Waals surface area contributed by atoms with E-state index in [9.17, 15) is 0 Å². The topological polar surface area (TPSA) is 61.7 Å². The van der Waals surface area contributed by atoms with Gasteiger partial charge >= 0.3 is 0 Å². The molecule has 0 amide bonds. The van der Waals surface area contributed by atoms with E-state index in [1.165, 1.54) is 31.3 Å². The van der Waals surface area contributed by atoms with Crippen LogP contribution in [0, 0.1) is 0 Å². The molecule has 0 spiro atoms. The summed E-state index contributed by atoms with van der Waals surface area (Å²) in [4.78, 5) is 16.2. The molecule has 8 aromatic carbocycles. The number of fused-ring (bicyclic) bond motifs is 13. The van der Waals surface area contributed by atoms with Crippen LogP contribution < -0.4 is 0 Å². The molecule has 0 aliphatic rings. The van der Waals surface area contributed by atoms with Gasteiger partial charge in [-0.05, 0) is 53.6 Å². The summed E-state index contributed by atoms with van der Waals surface area (Å²) in [6.45, 7) is 0. The van der Waals surface area contributed by atoms with Crippen LogP contribution in [0.4, 0.5) is 0 Å². The van der Waals surface area contributed by atoms with Crippen molar-refractivity contribution >= 4 is 97.1 Å². The van der Waals surface area contributed by atoms with Gasteiger partial charge in [-0.3, -0.25) is 9.13 Å². The number of furan rings is 1. The molecule has 0 saturated carbocycles. The van der Waals surface area contributed by atoms with Crippen LogP contribution in [0.2, 0.25) is 0 Å². The molecule has 0 radical (unpaired) electrons. The molecule has 0 aliphatic heterocycles. The van der Waals surface area contributed by atoms with Gasteiger partial charge in [0.05, 0.1) is 16.6 Å². The fourth-order valence-corrected chi connectivity index (χ4v) is 10.3. The fraction of sp³-hybridized carbons (Fsp3) is 0. The molecule has 0 fully saturated rings. The first kappa shape index (κ1) is 31.6. The molecule has 13 aromatic rings. The zero-order chi connectivity index (χ0) is 37.9. The molecule has 0 unspecified atom stereocenters. The molecule has 6 nitrogen and oxygen atoms in total. The summed E-state index contributed by atoms with van der Waals surface area (Å²) >= 11 is 1.80. The van der Waals surface area contributed by atoms with Gasteiger partial charge in [-0.2, -0.15) is 15.0 Å². The highest BCUT2D eigenvalue weighted by atomic mass is 32.1. The summed E-state index contributed by atoms with van der Waals surface area (Å²) in [5.41, 5.74) is 8.98. The molecule has 13 rings (SSSR count). The Kier molecular flexibility index (Phi) is 6.50. The first-order valence-electron chi connectivity index (χ1n) is 19.4. The van der Waals surface area contributed by atoms with Crippen molar-refractivity contribution in [1.29, 1.82) is 0 Å². The maximum atomic E-state index is 6.71. The Labute approximate surface area is 334 Å².